The largest absolute Gasteiger partial charge is 0.497 e. The second-order valence-corrected chi connectivity index (χ2v) is 7.38. The molecule has 1 fully saturated rings. The Balaban J connectivity index is 1.31. The summed E-state index contributed by atoms with van der Waals surface area (Å²) in [6.45, 7) is 3.77. The number of piperazine rings is 1. The van der Waals surface area contributed by atoms with Crippen LogP contribution in [-0.4, -0.2) is 60.6 Å². The van der Waals surface area contributed by atoms with Crippen LogP contribution in [0.15, 0.2) is 42.6 Å². The number of hydrogen-bond acceptors (Lipinski definition) is 7. The molecule has 7 nitrogen and oxygen atoms in total. The van der Waals surface area contributed by atoms with E-state index in [2.05, 4.69) is 25.1 Å². The fraction of sp³-hybridized carbons (Fsp3) is 0.316. The second-order valence-electron chi connectivity index (χ2n) is 6.35. The van der Waals surface area contributed by atoms with Crippen molar-refractivity contribution in [3.05, 3.63) is 42.6 Å². The minimum absolute atomic E-state index is 0.0349. The molecule has 140 valence electrons. The second kappa shape index (κ2) is 7.89. The van der Waals surface area contributed by atoms with E-state index in [4.69, 9.17) is 4.74 Å². The molecule has 0 saturated carbocycles. The fourth-order valence-electron chi connectivity index (χ4n) is 3.12. The van der Waals surface area contributed by atoms with E-state index in [-0.39, 0.29) is 5.91 Å². The fourth-order valence-corrected chi connectivity index (χ4v) is 4.03. The maximum absolute atomic E-state index is 12.4. The van der Waals surface area contributed by atoms with Gasteiger partial charge in [0.2, 0.25) is 5.91 Å². The average Bonchev–Trinajstić information content (AvgIpc) is 3.10. The summed E-state index contributed by atoms with van der Waals surface area (Å²) in [5.41, 5.74) is 0.861. The van der Waals surface area contributed by atoms with Gasteiger partial charge >= 0.3 is 0 Å². The number of nitrogens with one attached hydrogen (secondary N) is 1. The molecule has 0 bridgehead atoms. The van der Waals surface area contributed by atoms with Crippen molar-refractivity contribution in [2.45, 2.75) is 0 Å². The minimum Gasteiger partial charge on any atom is -0.497 e. The highest BCUT2D eigenvalue weighted by atomic mass is 32.1. The van der Waals surface area contributed by atoms with Crippen LogP contribution in [0.3, 0.4) is 0 Å². The molecule has 0 unspecified atom stereocenters. The number of nitrogens with zero attached hydrogens (tertiary/aromatic N) is 4. The third-order valence-electron chi connectivity index (χ3n) is 4.55. The van der Waals surface area contributed by atoms with Crippen molar-refractivity contribution in [3.8, 4) is 5.75 Å². The number of pyridine rings is 1. The first kappa shape index (κ1) is 17.7. The van der Waals surface area contributed by atoms with E-state index in [0.29, 0.717) is 11.7 Å². The number of rotatable bonds is 5. The Bertz CT molecular complexity index is 922. The van der Waals surface area contributed by atoms with E-state index >= 15 is 0 Å². The molecule has 1 N–H and O–H groups in total. The van der Waals surface area contributed by atoms with Crippen LogP contribution >= 0.6 is 11.3 Å². The Labute approximate surface area is 161 Å². The summed E-state index contributed by atoms with van der Waals surface area (Å²) in [6.07, 6.45) is 1.81. The van der Waals surface area contributed by atoms with Gasteiger partial charge in [0.25, 0.3) is 0 Å². The molecule has 8 heteroatoms. The zero-order chi connectivity index (χ0) is 18.6. The zero-order valence-corrected chi connectivity index (χ0v) is 15.9. The van der Waals surface area contributed by atoms with Crippen LogP contribution in [0.25, 0.3) is 10.2 Å². The van der Waals surface area contributed by atoms with Gasteiger partial charge in [-0.15, -0.1) is 0 Å². The summed E-state index contributed by atoms with van der Waals surface area (Å²) in [7, 11) is 1.64. The summed E-state index contributed by atoms with van der Waals surface area (Å²) in [5.74, 6) is 1.74. The molecule has 27 heavy (non-hydrogen) atoms. The Morgan fingerprint density at radius 2 is 2.07 bits per heavy atom. The number of aromatic nitrogens is 2. The van der Waals surface area contributed by atoms with Crippen molar-refractivity contribution in [1.29, 1.82) is 0 Å². The van der Waals surface area contributed by atoms with Gasteiger partial charge in [-0.05, 0) is 30.3 Å². The average molecular weight is 383 g/mol. The number of benzene rings is 1. The van der Waals surface area contributed by atoms with E-state index < -0.39 is 0 Å². The smallest absolute Gasteiger partial charge is 0.240 e. The van der Waals surface area contributed by atoms with Crippen LogP contribution < -0.4 is 15.0 Å². The summed E-state index contributed by atoms with van der Waals surface area (Å²) in [5, 5.41) is 3.54. The van der Waals surface area contributed by atoms with Crippen LogP contribution in [0, 0.1) is 0 Å². The minimum atomic E-state index is -0.0349. The first-order valence-electron chi connectivity index (χ1n) is 8.84. The molecule has 3 aromatic rings. The van der Waals surface area contributed by atoms with Gasteiger partial charge in [-0.3, -0.25) is 9.69 Å². The first-order chi connectivity index (χ1) is 13.2. The number of thiazole rings is 1. The first-order valence-corrected chi connectivity index (χ1v) is 9.66. The molecule has 2 aromatic heterocycles. The van der Waals surface area contributed by atoms with Crippen LogP contribution in [0.5, 0.6) is 5.75 Å². The maximum atomic E-state index is 12.4. The van der Waals surface area contributed by atoms with Crippen molar-refractivity contribution in [3.63, 3.8) is 0 Å². The number of methoxy groups -OCH3 is 1. The summed E-state index contributed by atoms with van der Waals surface area (Å²) in [4.78, 5) is 25.7. The van der Waals surface area contributed by atoms with E-state index in [1.165, 1.54) is 11.3 Å². The van der Waals surface area contributed by atoms with Crippen molar-refractivity contribution in [2.24, 2.45) is 0 Å². The Morgan fingerprint density at radius 1 is 1.22 bits per heavy atom. The molecule has 0 aliphatic carbocycles. The number of ether oxygens (including phenoxy) is 1. The lowest BCUT2D eigenvalue weighted by Gasteiger charge is -2.34. The van der Waals surface area contributed by atoms with Gasteiger partial charge in [0.15, 0.2) is 5.13 Å². The lowest BCUT2D eigenvalue weighted by atomic mass is 10.3. The Hall–Kier alpha value is -2.71. The SMILES string of the molecule is COc1ccc2nc(NC(=O)CN3CCN(c4ccccn4)CC3)sc2c1. The third kappa shape index (κ3) is 4.17. The molecule has 0 spiro atoms. The quantitative estimate of drug-likeness (QED) is 0.730. The summed E-state index contributed by atoms with van der Waals surface area (Å²) < 4.78 is 6.22. The molecule has 1 aliphatic rings. The number of amides is 1. The van der Waals surface area contributed by atoms with Crippen LogP contribution in [0.1, 0.15) is 0 Å². The van der Waals surface area contributed by atoms with Gasteiger partial charge < -0.3 is 15.0 Å². The van der Waals surface area contributed by atoms with E-state index in [9.17, 15) is 4.79 Å². The van der Waals surface area contributed by atoms with Crippen molar-refractivity contribution in [2.75, 3.05) is 50.1 Å². The highest BCUT2D eigenvalue weighted by Gasteiger charge is 2.20. The number of fused-ring (bicyclic) bond motifs is 1. The number of anilines is 2. The zero-order valence-electron chi connectivity index (χ0n) is 15.1. The van der Waals surface area contributed by atoms with Crippen LogP contribution in [-0.2, 0) is 4.79 Å². The number of carbonyl (C=O) groups is 1. The van der Waals surface area contributed by atoms with Gasteiger partial charge in [0.1, 0.15) is 11.6 Å². The summed E-state index contributed by atoms with van der Waals surface area (Å²) in [6, 6.07) is 11.6. The molecule has 1 aliphatic heterocycles. The maximum Gasteiger partial charge on any atom is 0.240 e. The molecular formula is C19H21N5O2S. The van der Waals surface area contributed by atoms with Gasteiger partial charge in [0, 0.05) is 32.4 Å². The molecule has 3 heterocycles. The van der Waals surface area contributed by atoms with Crippen molar-refractivity contribution < 1.29 is 9.53 Å². The van der Waals surface area contributed by atoms with Gasteiger partial charge in [0.05, 0.1) is 23.9 Å². The Morgan fingerprint density at radius 3 is 2.81 bits per heavy atom. The highest BCUT2D eigenvalue weighted by molar-refractivity contribution is 7.22. The van der Waals surface area contributed by atoms with E-state index in [1.807, 2.05) is 42.6 Å². The van der Waals surface area contributed by atoms with E-state index in [1.54, 1.807) is 7.11 Å². The Kier molecular flexibility index (Phi) is 5.17. The lowest BCUT2D eigenvalue weighted by molar-refractivity contribution is -0.117. The molecule has 1 aromatic carbocycles. The van der Waals surface area contributed by atoms with Gasteiger partial charge in [-0.1, -0.05) is 17.4 Å². The standard InChI is InChI=1S/C19H21N5O2S/c1-26-14-5-6-15-16(12-14)27-19(21-15)22-18(25)13-23-8-10-24(11-9-23)17-4-2-3-7-20-17/h2-7,12H,8-11,13H2,1H3,(H,21,22,25). The molecular weight excluding hydrogens is 362 g/mol. The van der Waals surface area contributed by atoms with E-state index in [0.717, 1.165) is 48.0 Å². The number of carbonyl (C=O) groups excluding carboxylic acids is 1. The predicted octanol–water partition coefficient (Wildman–Crippen LogP) is 2.46. The highest BCUT2D eigenvalue weighted by Crippen LogP contribution is 2.29. The van der Waals surface area contributed by atoms with Crippen molar-refractivity contribution in [1.82, 2.24) is 14.9 Å². The topological polar surface area (TPSA) is 70.6 Å². The third-order valence-corrected chi connectivity index (χ3v) is 5.49. The number of hydrogen-bond donors (Lipinski definition) is 1. The molecule has 1 saturated heterocycles. The molecule has 1 amide bonds. The van der Waals surface area contributed by atoms with Crippen LogP contribution in [0.2, 0.25) is 0 Å². The monoisotopic (exact) mass is 383 g/mol. The lowest BCUT2D eigenvalue weighted by Crippen LogP contribution is -2.48. The van der Waals surface area contributed by atoms with Crippen LogP contribution in [0.4, 0.5) is 10.9 Å². The molecule has 0 atom stereocenters. The predicted molar refractivity (Wildman–Crippen MR) is 108 cm³/mol. The van der Waals surface area contributed by atoms with Gasteiger partial charge in [-0.25, -0.2) is 9.97 Å². The van der Waals surface area contributed by atoms with Gasteiger partial charge in [-0.2, -0.15) is 0 Å². The summed E-state index contributed by atoms with van der Waals surface area (Å²) >= 11 is 1.46. The van der Waals surface area contributed by atoms with Crippen molar-refractivity contribution >= 4 is 38.4 Å². The molecule has 4 rings (SSSR count). The molecule has 0 radical (unpaired) electrons. The normalized spacial score (nSPS) is 15.1.